The molecule has 2 rings (SSSR count). The number of nitrogens with two attached hydrogens (primary N) is 2. The topological polar surface area (TPSA) is 141 Å². The molecule has 0 saturated heterocycles. The summed E-state index contributed by atoms with van der Waals surface area (Å²) in [5, 5.41) is 19.2. The molecule has 7 nitrogen and oxygen atoms in total. The summed E-state index contributed by atoms with van der Waals surface area (Å²) in [7, 11) is 0. The SMILES string of the molecule is CC(C)(CC#N)c1ccc(CN=C/C(=C\N)C(=O)NCc2ccc(C(=N)N)cc2)cc1. The molecule has 0 aliphatic carbocycles. The first-order valence-corrected chi connectivity index (χ1v) is 9.86. The van der Waals surface area contributed by atoms with E-state index in [0.29, 0.717) is 25.1 Å². The van der Waals surface area contributed by atoms with Crippen molar-refractivity contribution in [1.29, 1.82) is 10.7 Å². The average molecular weight is 417 g/mol. The molecule has 2 aromatic rings. The number of hydrogen-bond donors (Lipinski definition) is 4. The number of aliphatic imine (C=N–C) groups is 1. The van der Waals surface area contributed by atoms with Gasteiger partial charge in [0.2, 0.25) is 0 Å². The lowest BCUT2D eigenvalue weighted by molar-refractivity contribution is -0.117. The Bertz CT molecular complexity index is 1010. The summed E-state index contributed by atoms with van der Waals surface area (Å²) < 4.78 is 0. The highest BCUT2D eigenvalue weighted by molar-refractivity contribution is 6.12. The minimum absolute atomic E-state index is 0.000619. The third-order valence-corrected chi connectivity index (χ3v) is 4.92. The van der Waals surface area contributed by atoms with Gasteiger partial charge < -0.3 is 16.8 Å². The highest BCUT2D eigenvalue weighted by Crippen LogP contribution is 2.26. The van der Waals surface area contributed by atoms with E-state index in [4.69, 9.17) is 22.1 Å². The Balaban J connectivity index is 1.91. The van der Waals surface area contributed by atoms with Crippen LogP contribution in [0.15, 0.2) is 65.3 Å². The average Bonchev–Trinajstić information content (AvgIpc) is 2.75. The van der Waals surface area contributed by atoms with Gasteiger partial charge in [0.1, 0.15) is 5.84 Å². The molecule has 1 amide bonds. The standard InChI is InChI=1S/C24H28N6O/c1-24(2,11-12-25)21-9-5-17(6-10-21)14-29-16-20(13-26)23(31)30-15-18-3-7-19(8-4-18)22(27)28/h3-10,13,16H,11,14-15,26H2,1-2H3,(H3,27,28)(H,30,31)/b20-13+,29-16?. The van der Waals surface area contributed by atoms with Crippen molar-refractivity contribution >= 4 is 18.0 Å². The first-order valence-electron chi connectivity index (χ1n) is 9.86. The Morgan fingerprint density at radius 3 is 2.32 bits per heavy atom. The summed E-state index contributed by atoms with van der Waals surface area (Å²) in [6.07, 6.45) is 3.14. The summed E-state index contributed by atoms with van der Waals surface area (Å²) in [5.74, 6) is -0.323. The maximum absolute atomic E-state index is 12.4. The highest BCUT2D eigenvalue weighted by atomic mass is 16.1. The number of nitrogen functional groups attached to an aromatic ring is 1. The Kier molecular flexibility index (Phi) is 8.09. The van der Waals surface area contributed by atoms with Crippen molar-refractivity contribution in [3.05, 3.63) is 82.6 Å². The van der Waals surface area contributed by atoms with Gasteiger partial charge in [-0.1, -0.05) is 62.4 Å². The van der Waals surface area contributed by atoms with E-state index in [0.717, 1.165) is 16.7 Å². The lowest BCUT2D eigenvalue weighted by Crippen LogP contribution is -2.25. The van der Waals surface area contributed by atoms with Gasteiger partial charge in [-0.25, -0.2) is 0 Å². The number of nitrogens with one attached hydrogen (secondary N) is 2. The molecular weight excluding hydrogens is 388 g/mol. The lowest BCUT2D eigenvalue weighted by Gasteiger charge is -2.21. The molecular formula is C24H28N6O. The molecule has 0 fully saturated rings. The van der Waals surface area contributed by atoms with E-state index in [9.17, 15) is 4.79 Å². The molecule has 6 N–H and O–H groups in total. The zero-order chi connectivity index (χ0) is 22.9. The van der Waals surface area contributed by atoms with Crippen molar-refractivity contribution < 1.29 is 4.79 Å². The number of carbonyl (C=O) groups excluding carboxylic acids is 1. The van der Waals surface area contributed by atoms with Crippen LogP contribution in [0.2, 0.25) is 0 Å². The summed E-state index contributed by atoms with van der Waals surface area (Å²) in [6.45, 7) is 4.81. The molecule has 0 heterocycles. The maximum Gasteiger partial charge on any atom is 0.254 e. The van der Waals surface area contributed by atoms with Crippen molar-refractivity contribution in [3.63, 3.8) is 0 Å². The Morgan fingerprint density at radius 2 is 1.77 bits per heavy atom. The Hall–Kier alpha value is -3.92. The van der Waals surface area contributed by atoms with Crippen LogP contribution in [-0.4, -0.2) is 18.0 Å². The first-order chi connectivity index (χ1) is 14.8. The zero-order valence-electron chi connectivity index (χ0n) is 17.9. The van der Waals surface area contributed by atoms with E-state index in [-0.39, 0.29) is 22.7 Å². The van der Waals surface area contributed by atoms with Crippen LogP contribution in [0.3, 0.4) is 0 Å². The van der Waals surface area contributed by atoms with E-state index in [1.54, 1.807) is 24.3 Å². The van der Waals surface area contributed by atoms with Gasteiger partial charge in [-0.15, -0.1) is 0 Å². The molecule has 2 aromatic carbocycles. The van der Waals surface area contributed by atoms with E-state index in [2.05, 4.69) is 16.4 Å². The minimum Gasteiger partial charge on any atom is -0.404 e. The van der Waals surface area contributed by atoms with Gasteiger partial charge in [0.05, 0.1) is 18.2 Å². The molecule has 0 aromatic heterocycles. The molecule has 0 bridgehead atoms. The summed E-state index contributed by atoms with van der Waals surface area (Å²) >= 11 is 0. The van der Waals surface area contributed by atoms with Gasteiger partial charge in [-0.3, -0.25) is 15.2 Å². The Morgan fingerprint density at radius 1 is 1.16 bits per heavy atom. The summed E-state index contributed by atoms with van der Waals surface area (Å²) in [5.41, 5.74) is 14.7. The van der Waals surface area contributed by atoms with E-state index in [1.807, 2.05) is 38.1 Å². The second-order valence-electron chi connectivity index (χ2n) is 7.80. The number of hydrogen-bond acceptors (Lipinski definition) is 5. The van der Waals surface area contributed by atoms with Crippen LogP contribution in [0.5, 0.6) is 0 Å². The number of amidine groups is 1. The maximum atomic E-state index is 12.4. The van der Waals surface area contributed by atoms with Crippen LogP contribution < -0.4 is 16.8 Å². The summed E-state index contributed by atoms with van der Waals surface area (Å²) in [6, 6.07) is 17.3. The van der Waals surface area contributed by atoms with Crippen LogP contribution >= 0.6 is 0 Å². The third-order valence-electron chi connectivity index (χ3n) is 4.92. The molecule has 160 valence electrons. The predicted octanol–water partition coefficient (Wildman–Crippen LogP) is 2.89. The molecule has 0 aliphatic heterocycles. The zero-order valence-corrected chi connectivity index (χ0v) is 17.9. The van der Waals surface area contributed by atoms with Crippen molar-refractivity contribution in [2.24, 2.45) is 16.5 Å². The minimum atomic E-state index is -0.324. The molecule has 0 atom stereocenters. The quantitative estimate of drug-likeness (QED) is 0.283. The molecule has 0 aliphatic rings. The molecule has 0 saturated carbocycles. The fraction of sp³-hybridized carbons (Fsp3) is 0.250. The fourth-order valence-corrected chi connectivity index (χ4v) is 2.87. The smallest absolute Gasteiger partial charge is 0.254 e. The second kappa shape index (κ2) is 10.7. The normalized spacial score (nSPS) is 11.8. The van der Waals surface area contributed by atoms with Gasteiger partial charge in [0.15, 0.2) is 0 Å². The summed E-state index contributed by atoms with van der Waals surface area (Å²) in [4.78, 5) is 16.7. The van der Waals surface area contributed by atoms with Crippen LogP contribution in [0, 0.1) is 16.7 Å². The van der Waals surface area contributed by atoms with Crippen molar-refractivity contribution in [1.82, 2.24) is 5.32 Å². The van der Waals surface area contributed by atoms with E-state index in [1.165, 1.54) is 12.4 Å². The van der Waals surface area contributed by atoms with Crippen LogP contribution in [0.25, 0.3) is 0 Å². The molecule has 31 heavy (non-hydrogen) atoms. The van der Waals surface area contributed by atoms with E-state index < -0.39 is 0 Å². The monoisotopic (exact) mass is 416 g/mol. The third kappa shape index (κ3) is 6.82. The van der Waals surface area contributed by atoms with Crippen molar-refractivity contribution in [2.45, 2.75) is 38.8 Å². The van der Waals surface area contributed by atoms with Crippen LogP contribution in [-0.2, 0) is 23.3 Å². The number of nitriles is 1. The first kappa shape index (κ1) is 23.4. The van der Waals surface area contributed by atoms with Gasteiger partial charge in [0, 0.05) is 36.4 Å². The predicted molar refractivity (Wildman–Crippen MR) is 123 cm³/mol. The molecule has 0 unspecified atom stereocenters. The van der Waals surface area contributed by atoms with Gasteiger partial charge in [-0.2, -0.15) is 5.26 Å². The Labute approximate surface area is 183 Å². The molecule has 7 heteroatoms. The van der Waals surface area contributed by atoms with Gasteiger partial charge in [0.25, 0.3) is 5.91 Å². The number of carbonyl (C=O) groups is 1. The number of amides is 1. The highest BCUT2D eigenvalue weighted by Gasteiger charge is 2.19. The molecule has 0 radical (unpaired) electrons. The van der Waals surface area contributed by atoms with Crippen molar-refractivity contribution in [2.75, 3.05) is 0 Å². The van der Waals surface area contributed by atoms with Crippen LogP contribution in [0.1, 0.15) is 42.5 Å². The van der Waals surface area contributed by atoms with Gasteiger partial charge in [-0.05, 0) is 16.7 Å². The molecule has 0 spiro atoms. The van der Waals surface area contributed by atoms with Crippen molar-refractivity contribution in [3.8, 4) is 6.07 Å². The lowest BCUT2D eigenvalue weighted by atomic mass is 9.82. The largest absolute Gasteiger partial charge is 0.404 e. The number of rotatable bonds is 9. The van der Waals surface area contributed by atoms with Gasteiger partial charge >= 0.3 is 0 Å². The van der Waals surface area contributed by atoms with E-state index >= 15 is 0 Å². The van der Waals surface area contributed by atoms with Crippen LogP contribution in [0.4, 0.5) is 0 Å². The second-order valence-corrected chi connectivity index (χ2v) is 7.80. The number of benzene rings is 2. The number of nitrogens with zero attached hydrogens (tertiary/aromatic N) is 2. The fourth-order valence-electron chi connectivity index (χ4n) is 2.87.